The summed E-state index contributed by atoms with van der Waals surface area (Å²) < 4.78 is 13.4. The minimum Gasteiger partial charge on any atom is -0.485 e. The molecule has 3 aliphatic carbocycles. The smallest absolute Gasteiger partial charge is 0.166 e. The van der Waals surface area contributed by atoms with Gasteiger partial charge < -0.3 is 19.6 Å². The maximum Gasteiger partial charge on any atom is 0.166 e. The van der Waals surface area contributed by atoms with Gasteiger partial charge in [0.05, 0.1) is 16.7 Å². The molecule has 4 aromatic rings. The number of aromatic nitrogens is 1. The summed E-state index contributed by atoms with van der Waals surface area (Å²) in [5.74, 6) is 2.43. The molecule has 2 unspecified atom stereocenters. The van der Waals surface area contributed by atoms with Crippen molar-refractivity contribution < 1.29 is 14.6 Å². The number of ether oxygens (including phenoxy) is 2. The van der Waals surface area contributed by atoms with E-state index in [1.165, 1.54) is 34.9 Å². The quantitative estimate of drug-likeness (QED) is 0.380. The maximum atomic E-state index is 13.1. The van der Waals surface area contributed by atoms with Crippen LogP contribution in [0.25, 0.3) is 10.9 Å². The predicted molar refractivity (Wildman–Crippen MR) is 146 cm³/mol. The van der Waals surface area contributed by atoms with Gasteiger partial charge in [-0.15, -0.1) is 0 Å². The standard InChI is InChI=1S/C33H32N2O3/c36-33-17-24-23-8-4-5-9-25(23)34-29(24)31-32(33)14-15-35(18-20-10-11-20)27(33)16-22-12-13-26(30(38-31)28(22)32)37-19-21-6-2-1-3-7-21/h1-9,12-13,20,27,31,34,36H,10-11,14-19H2/t27?,31?,32-,33+/m0/s1. The number of piperidine rings is 1. The molecule has 3 aromatic carbocycles. The van der Waals surface area contributed by atoms with E-state index >= 15 is 0 Å². The van der Waals surface area contributed by atoms with Crippen molar-refractivity contribution >= 4 is 10.9 Å². The summed E-state index contributed by atoms with van der Waals surface area (Å²) in [7, 11) is 0. The van der Waals surface area contributed by atoms with Crippen molar-refractivity contribution in [2.45, 2.75) is 61.9 Å². The molecule has 1 saturated carbocycles. The lowest BCUT2D eigenvalue weighted by Gasteiger charge is -2.62. The fourth-order valence-corrected chi connectivity index (χ4v) is 8.41. The molecule has 1 aromatic heterocycles. The monoisotopic (exact) mass is 504 g/mol. The Labute approximate surface area is 222 Å². The molecule has 38 heavy (non-hydrogen) atoms. The number of para-hydroxylation sites is 1. The molecule has 0 radical (unpaired) electrons. The predicted octanol–water partition coefficient (Wildman–Crippen LogP) is 5.45. The van der Waals surface area contributed by atoms with Crippen LogP contribution in [-0.4, -0.2) is 39.7 Å². The van der Waals surface area contributed by atoms with Crippen LogP contribution in [0.15, 0.2) is 66.7 Å². The van der Waals surface area contributed by atoms with E-state index in [4.69, 9.17) is 9.47 Å². The van der Waals surface area contributed by atoms with E-state index in [2.05, 4.69) is 58.4 Å². The summed E-state index contributed by atoms with van der Waals surface area (Å²) in [6.45, 7) is 2.61. The van der Waals surface area contributed by atoms with Gasteiger partial charge in [0.1, 0.15) is 6.61 Å². The summed E-state index contributed by atoms with van der Waals surface area (Å²) in [6.07, 6.45) is 4.83. The van der Waals surface area contributed by atoms with Crippen LogP contribution in [0.5, 0.6) is 11.5 Å². The molecule has 0 amide bonds. The zero-order chi connectivity index (χ0) is 25.1. The summed E-state index contributed by atoms with van der Waals surface area (Å²) in [6, 6.07) is 23.3. The maximum absolute atomic E-state index is 13.1. The van der Waals surface area contributed by atoms with Crippen molar-refractivity contribution in [2.75, 3.05) is 13.1 Å². The summed E-state index contributed by atoms with van der Waals surface area (Å²) in [5, 5.41) is 14.3. The Morgan fingerprint density at radius 3 is 2.74 bits per heavy atom. The number of H-pyrrole nitrogens is 1. The Morgan fingerprint density at radius 2 is 1.87 bits per heavy atom. The van der Waals surface area contributed by atoms with Gasteiger partial charge in [-0.3, -0.25) is 4.90 Å². The molecule has 5 aliphatic rings. The number of aromatic amines is 1. The normalized spacial score (nSPS) is 30.6. The average molecular weight is 505 g/mol. The number of benzene rings is 3. The molecule has 1 spiro atoms. The summed E-state index contributed by atoms with van der Waals surface area (Å²) in [4.78, 5) is 6.37. The molecule has 192 valence electrons. The highest BCUT2D eigenvalue weighted by atomic mass is 16.5. The van der Waals surface area contributed by atoms with Crippen LogP contribution in [0.2, 0.25) is 0 Å². The van der Waals surface area contributed by atoms with E-state index in [-0.39, 0.29) is 12.1 Å². The number of fused-ring (bicyclic) bond motifs is 4. The van der Waals surface area contributed by atoms with Crippen molar-refractivity contribution in [1.29, 1.82) is 0 Å². The van der Waals surface area contributed by atoms with Crippen molar-refractivity contribution in [3.05, 3.63) is 94.7 Å². The van der Waals surface area contributed by atoms with Gasteiger partial charge in [-0.1, -0.05) is 54.6 Å². The van der Waals surface area contributed by atoms with Crippen LogP contribution in [-0.2, 0) is 24.9 Å². The van der Waals surface area contributed by atoms with Gasteiger partial charge in [0, 0.05) is 35.5 Å². The fraction of sp³-hybridized carbons (Fsp3) is 0.394. The van der Waals surface area contributed by atoms with Crippen LogP contribution in [0, 0.1) is 5.92 Å². The van der Waals surface area contributed by atoms with E-state index in [0.717, 1.165) is 60.1 Å². The van der Waals surface area contributed by atoms with E-state index in [1.807, 2.05) is 18.2 Å². The van der Waals surface area contributed by atoms with E-state index in [1.54, 1.807) is 0 Å². The summed E-state index contributed by atoms with van der Waals surface area (Å²) >= 11 is 0. The van der Waals surface area contributed by atoms with Crippen LogP contribution in [0.3, 0.4) is 0 Å². The minimum atomic E-state index is -0.890. The SMILES string of the molecule is O[C@@]12Cc3c([nH]c4ccccc34)C3Oc4c(OCc5ccccc5)ccc5c4[C@@]31CCN(CC1CC1)C2C5. The van der Waals surface area contributed by atoms with Gasteiger partial charge in [-0.05, 0) is 67.0 Å². The Hall–Kier alpha value is -3.28. The third kappa shape index (κ3) is 2.69. The lowest BCUT2D eigenvalue weighted by atomic mass is 9.49. The topological polar surface area (TPSA) is 57.7 Å². The highest BCUT2D eigenvalue weighted by molar-refractivity contribution is 5.86. The van der Waals surface area contributed by atoms with Gasteiger partial charge in [0.2, 0.25) is 0 Å². The molecular formula is C33H32N2O3. The molecule has 9 rings (SSSR count). The van der Waals surface area contributed by atoms with Crippen molar-refractivity contribution in [1.82, 2.24) is 9.88 Å². The van der Waals surface area contributed by atoms with Gasteiger partial charge in [0.25, 0.3) is 0 Å². The van der Waals surface area contributed by atoms with E-state index < -0.39 is 11.0 Å². The molecule has 2 N–H and O–H groups in total. The van der Waals surface area contributed by atoms with E-state index in [0.29, 0.717) is 13.0 Å². The van der Waals surface area contributed by atoms with Crippen LogP contribution in [0.1, 0.15) is 53.3 Å². The largest absolute Gasteiger partial charge is 0.485 e. The highest BCUT2D eigenvalue weighted by Gasteiger charge is 2.72. The Kier molecular flexibility index (Phi) is 4.23. The average Bonchev–Trinajstić information content (AvgIpc) is 3.58. The minimum absolute atomic E-state index is 0.0966. The third-order valence-corrected chi connectivity index (χ3v) is 10.3. The van der Waals surface area contributed by atoms with Gasteiger partial charge >= 0.3 is 0 Å². The Morgan fingerprint density at radius 1 is 1.03 bits per heavy atom. The van der Waals surface area contributed by atoms with Gasteiger partial charge in [0.15, 0.2) is 17.6 Å². The van der Waals surface area contributed by atoms with Crippen molar-refractivity contribution in [3.63, 3.8) is 0 Å². The second-order valence-corrected chi connectivity index (χ2v) is 12.2. The highest BCUT2D eigenvalue weighted by Crippen LogP contribution is 2.69. The molecule has 3 heterocycles. The molecule has 2 aliphatic heterocycles. The van der Waals surface area contributed by atoms with Crippen molar-refractivity contribution in [3.8, 4) is 11.5 Å². The zero-order valence-corrected chi connectivity index (χ0v) is 21.5. The first-order valence-corrected chi connectivity index (χ1v) is 14.2. The first kappa shape index (κ1) is 21.6. The van der Waals surface area contributed by atoms with Gasteiger partial charge in [-0.2, -0.15) is 0 Å². The molecular weight excluding hydrogens is 472 g/mol. The van der Waals surface area contributed by atoms with Crippen LogP contribution >= 0.6 is 0 Å². The molecule has 5 heteroatoms. The Balaban J connectivity index is 1.23. The number of hydrogen-bond donors (Lipinski definition) is 2. The number of hydrogen-bond acceptors (Lipinski definition) is 4. The third-order valence-electron chi connectivity index (χ3n) is 10.3. The first-order chi connectivity index (χ1) is 18.7. The molecule has 2 fully saturated rings. The van der Waals surface area contributed by atoms with Crippen molar-refractivity contribution in [2.24, 2.45) is 5.92 Å². The second-order valence-electron chi connectivity index (χ2n) is 12.2. The molecule has 1 saturated heterocycles. The van der Waals surface area contributed by atoms with Gasteiger partial charge in [-0.25, -0.2) is 0 Å². The first-order valence-electron chi connectivity index (χ1n) is 14.2. The molecule has 4 atom stereocenters. The van der Waals surface area contributed by atoms with Crippen LogP contribution in [0.4, 0.5) is 0 Å². The Bertz CT molecular complexity index is 1590. The number of aliphatic hydroxyl groups is 1. The number of likely N-dealkylation sites (tertiary alicyclic amines) is 1. The fourth-order valence-electron chi connectivity index (χ4n) is 8.41. The van der Waals surface area contributed by atoms with Crippen LogP contribution < -0.4 is 9.47 Å². The van der Waals surface area contributed by atoms with E-state index in [9.17, 15) is 5.11 Å². The lowest BCUT2D eigenvalue weighted by molar-refractivity contribution is -0.173. The number of rotatable bonds is 5. The molecule has 5 nitrogen and oxygen atoms in total. The number of nitrogens with one attached hydrogen (secondary N) is 1. The lowest BCUT2D eigenvalue weighted by Crippen LogP contribution is -2.74. The molecule has 2 bridgehead atoms. The zero-order valence-electron chi connectivity index (χ0n) is 21.5. The second kappa shape index (κ2) is 7.43. The summed E-state index contributed by atoms with van der Waals surface area (Å²) in [5.41, 5.74) is 5.80. The number of nitrogens with zero attached hydrogens (tertiary/aromatic N) is 1.